The number of aromatic nitrogens is 6. The fraction of sp³-hybridized carbons (Fsp3) is 0.0400. The van der Waals surface area contributed by atoms with E-state index in [2.05, 4.69) is 32.9 Å². The smallest absolute Gasteiger partial charge is 0.218 e. The lowest BCUT2D eigenvalue weighted by Gasteiger charge is -2.10. The molecule has 0 aliphatic carbocycles. The summed E-state index contributed by atoms with van der Waals surface area (Å²) in [6, 6.07) is 14.0. The van der Waals surface area contributed by atoms with Crippen molar-refractivity contribution in [2.75, 3.05) is 0 Å². The minimum atomic E-state index is -0.241. The number of thiophene rings is 1. The second-order valence-corrected chi connectivity index (χ2v) is 8.85. The molecule has 6 rings (SSSR count). The Hall–Kier alpha value is -4.30. The summed E-state index contributed by atoms with van der Waals surface area (Å²) < 4.78 is 0. The Morgan fingerprint density at radius 2 is 1.88 bits per heavy atom. The molecule has 0 unspecified atom stereocenters. The molecule has 0 bridgehead atoms. The van der Waals surface area contributed by atoms with Crippen LogP contribution in [0.1, 0.15) is 4.88 Å². The molecule has 0 saturated heterocycles. The molecule has 158 valence electrons. The Bertz CT molecular complexity index is 1710. The van der Waals surface area contributed by atoms with Gasteiger partial charge >= 0.3 is 0 Å². The highest BCUT2D eigenvalue weighted by molar-refractivity contribution is 7.15. The third-order valence-electron chi connectivity index (χ3n) is 5.40. The summed E-state index contributed by atoms with van der Waals surface area (Å²) in [7, 11) is 0. The Morgan fingerprint density at radius 3 is 2.70 bits per heavy atom. The SMILES string of the molecule is Cc1ccc(-c2nc3[nH]cc(-c4cnccn4)c(=O)c3nc2-c2ccc3ncccc3c2)s1. The summed E-state index contributed by atoms with van der Waals surface area (Å²) in [6.45, 7) is 2.05. The summed E-state index contributed by atoms with van der Waals surface area (Å²) >= 11 is 1.64. The highest BCUT2D eigenvalue weighted by Gasteiger charge is 2.18. The fourth-order valence-electron chi connectivity index (χ4n) is 3.81. The van der Waals surface area contributed by atoms with E-state index in [0.29, 0.717) is 22.6 Å². The molecule has 0 fully saturated rings. The van der Waals surface area contributed by atoms with Crippen molar-refractivity contribution >= 4 is 33.4 Å². The Labute approximate surface area is 191 Å². The minimum Gasteiger partial charge on any atom is -0.344 e. The molecule has 1 aromatic carbocycles. The van der Waals surface area contributed by atoms with E-state index in [9.17, 15) is 4.79 Å². The zero-order valence-electron chi connectivity index (χ0n) is 17.5. The number of aryl methyl sites for hydroxylation is 1. The lowest BCUT2D eigenvalue weighted by atomic mass is 10.1. The van der Waals surface area contributed by atoms with Gasteiger partial charge < -0.3 is 4.98 Å². The second kappa shape index (κ2) is 7.68. The summed E-state index contributed by atoms with van der Waals surface area (Å²) in [5, 5.41) is 0.993. The average molecular weight is 449 g/mol. The maximum Gasteiger partial charge on any atom is 0.218 e. The van der Waals surface area contributed by atoms with Crippen LogP contribution in [0, 0.1) is 6.92 Å². The molecule has 8 heteroatoms. The first-order valence-electron chi connectivity index (χ1n) is 10.3. The topological polar surface area (TPSA) is 97.3 Å². The van der Waals surface area contributed by atoms with Gasteiger partial charge in [-0.25, -0.2) is 9.97 Å². The lowest BCUT2D eigenvalue weighted by molar-refractivity contribution is 1.18. The fourth-order valence-corrected chi connectivity index (χ4v) is 4.67. The van der Waals surface area contributed by atoms with E-state index in [1.165, 1.54) is 4.88 Å². The quantitative estimate of drug-likeness (QED) is 0.408. The van der Waals surface area contributed by atoms with Gasteiger partial charge in [-0.3, -0.25) is 19.7 Å². The molecule has 0 radical (unpaired) electrons. The van der Waals surface area contributed by atoms with E-state index in [1.807, 2.05) is 36.4 Å². The summed E-state index contributed by atoms with van der Waals surface area (Å²) in [5.74, 6) is 0. The molecule has 0 aliphatic heterocycles. The van der Waals surface area contributed by atoms with Crippen LogP contribution in [0.15, 0.2) is 78.2 Å². The maximum atomic E-state index is 13.4. The van der Waals surface area contributed by atoms with E-state index >= 15 is 0 Å². The molecule has 1 N–H and O–H groups in total. The third kappa shape index (κ3) is 3.37. The van der Waals surface area contributed by atoms with Crippen molar-refractivity contribution in [1.82, 2.24) is 29.9 Å². The predicted octanol–water partition coefficient (Wildman–Crippen LogP) is 5.03. The molecular formula is C25H16N6OS. The molecule has 0 atom stereocenters. The van der Waals surface area contributed by atoms with E-state index in [-0.39, 0.29) is 10.9 Å². The molecule has 6 aromatic rings. The van der Waals surface area contributed by atoms with Gasteiger partial charge in [0.25, 0.3) is 0 Å². The first-order chi connectivity index (χ1) is 16.2. The number of hydrogen-bond donors (Lipinski definition) is 1. The number of aromatic amines is 1. The van der Waals surface area contributed by atoms with Crippen LogP contribution in [-0.2, 0) is 0 Å². The third-order valence-corrected chi connectivity index (χ3v) is 6.41. The first-order valence-corrected chi connectivity index (χ1v) is 11.1. The Balaban J connectivity index is 1.65. The summed E-state index contributed by atoms with van der Waals surface area (Å²) in [6.07, 6.45) is 8.07. The molecule has 5 heterocycles. The van der Waals surface area contributed by atoms with Crippen molar-refractivity contribution < 1.29 is 0 Å². The number of benzene rings is 1. The predicted molar refractivity (Wildman–Crippen MR) is 130 cm³/mol. The molecular weight excluding hydrogens is 432 g/mol. The average Bonchev–Trinajstić information content (AvgIpc) is 3.30. The minimum absolute atomic E-state index is 0.241. The molecule has 0 saturated carbocycles. The molecule has 33 heavy (non-hydrogen) atoms. The van der Waals surface area contributed by atoms with Gasteiger partial charge in [0.1, 0.15) is 5.69 Å². The van der Waals surface area contributed by atoms with Crippen molar-refractivity contribution in [3.05, 3.63) is 88.5 Å². The van der Waals surface area contributed by atoms with Gasteiger partial charge in [0.2, 0.25) is 5.43 Å². The number of H-pyrrole nitrogens is 1. The Morgan fingerprint density at radius 1 is 0.939 bits per heavy atom. The summed E-state index contributed by atoms with van der Waals surface area (Å²) in [4.78, 5) is 41.1. The number of rotatable bonds is 3. The molecule has 0 aliphatic rings. The van der Waals surface area contributed by atoms with Crippen molar-refractivity contribution in [3.8, 4) is 33.1 Å². The molecule has 0 amide bonds. The normalized spacial score (nSPS) is 11.3. The van der Waals surface area contributed by atoms with E-state index in [4.69, 9.17) is 9.97 Å². The van der Waals surface area contributed by atoms with Crippen LogP contribution < -0.4 is 5.43 Å². The van der Waals surface area contributed by atoms with Gasteiger partial charge in [-0.2, -0.15) is 0 Å². The zero-order chi connectivity index (χ0) is 22.4. The van der Waals surface area contributed by atoms with E-state index < -0.39 is 0 Å². The van der Waals surface area contributed by atoms with Gasteiger partial charge in [-0.1, -0.05) is 12.1 Å². The molecule has 7 nitrogen and oxygen atoms in total. The largest absolute Gasteiger partial charge is 0.344 e. The van der Waals surface area contributed by atoms with Crippen LogP contribution in [0.2, 0.25) is 0 Å². The van der Waals surface area contributed by atoms with Crippen molar-refractivity contribution in [3.63, 3.8) is 0 Å². The van der Waals surface area contributed by atoms with E-state index in [0.717, 1.165) is 27.0 Å². The zero-order valence-corrected chi connectivity index (χ0v) is 18.3. The number of hydrogen-bond acceptors (Lipinski definition) is 7. The maximum absolute atomic E-state index is 13.4. The van der Waals surface area contributed by atoms with Crippen LogP contribution in [0.25, 0.3) is 55.2 Å². The number of nitrogens with zero attached hydrogens (tertiary/aromatic N) is 5. The lowest BCUT2D eigenvalue weighted by Crippen LogP contribution is -2.11. The van der Waals surface area contributed by atoms with Crippen molar-refractivity contribution in [2.45, 2.75) is 6.92 Å². The standard InChI is InChI=1S/C25H16N6OS/c1-14-4-7-20(33-14)22-21(16-5-6-18-15(11-16)3-2-8-27-18)30-23-24(32)17(12-29-25(23)31-22)19-13-26-9-10-28-19/h2-13H,1H3,(H,29,31,32). The van der Waals surface area contributed by atoms with Gasteiger partial charge in [-0.05, 0) is 37.3 Å². The van der Waals surface area contributed by atoms with Gasteiger partial charge in [0.15, 0.2) is 11.2 Å². The van der Waals surface area contributed by atoms with Crippen LogP contribution in [0.4, 0.5) is 0 Å². The molecule has 5 aromatic heterocycles. The summed E-state index contributed by atoms with van der Waals surface area (Å²) in [5.41, 5.74) is 4.48. The highest BCUT2D eigenvalue weighted by atomic mass is 32.1. The van der Waals surface area contributed by atoms with Crippen LogP contribution in [0.3, 0.4) is 0 Å². The number of pyridine rings is 2. The van der Waals surface area contributed by atoms with Crippen molar-refractivity contribution in [2.24, 2.45) is 0 Å². The van der Waals surface area contributed by atoms with Gasteiger partial charge in [0, 0.05) is 40.6 Å². The van der Waals surface area contributed by atoms with Gasteiger partial charge in [0.05, 0.1) is 33.5 Å². The van der Waals surface area contributed by atoms with Crippen LogP contribution in [0.5, 0.6) is 0 Å². The second-order valence-electron chi connectivity index (χ2n) is 7.56. The Kier molecular flexibility index (Phi) is 4.51. The monoisotopic (exact) mass is 448 g/mol. The first kappa shape index (κ1) is 19.4. The van der Waals surface area contributed by atoms with Gasteiger partial charge in [-0.15, -0.1) is 11.3 Å². The number of nitrogens with one attached hydrogen (secondary N) is 1. The number of fused-ring (bicyclic) bond motifs is 2. The van der Waals surface area contributed by atoms with Crippen LogP contribution in [-0.4, -0.2) is 29.9 Å². The van der Waals surface area contributed by atoms with Crippen LogP contribution >= 0.6 is 11.3 Å². The highest BCUT2D eigenvalue weighted by Crippen LogP contribution is 2.35. The van der Waals surface area contributed by atoms with E-state index in [1.54, 1.807) is 42.3 Å². The molecule has 0 spiro atoms. The van der Waals surface area contributed by atoms with Crippen molar-refractivity contribution in [1.29, 1.82) is 0 Å².